The first kappa shape index (κ1) is 29.6. The fourth-order valence-electron chi connectivity index (χ4n) is 4.91. The second-order valence-corrected chi connectivity index (χ2v) is 9.23. The second-order valence-electron chi connectivity index (χ2n) is 9.23. The van der Waals surface area contributed by atoms with Crippen molar-refractivity contribution in [3.8, 4) is 5.75 Å². The number of ether oxygens (including phenoxy) is 4. The van der Waals surface area contributed by atoms with Crippen LogP contribution in [0.5, 0.6) is 5.75 Å². The Balaban J connectivity index is 1.90. The van der Waals surface area contributed by atoms with Crippen LogP contribution in [0.4, 0.5) is 4.79 Å². The highest BCUT2D eigenvalue weighted by Gasteiger charge is 2.35. The van der Waals surface area contributed by atoms with Crippen LogP contribution in [0.25, 0.3) is 10.9 Å². The smallest absolute Gasteiger partial charge is 0.437 e. The summed E-state index contributed by atoms with van der Waals surface area (Å²) in [6.45, 7) is 9.16. The molecule has 0 bridgehead atoms. The van der Waals surface area contributed by atoms with Gasteiger partial charge in [-0.1, -0.05) is 78.9 Å². The largest absolute Gasteiger partial charge is 0.513 e. The Kier molecular flexibility index (Phi) is 10.3. The molecular weight excluding hydrogens is 520 g/mol. The highest BCUT2D eigenvalue weighted by molar-refractivity contribution is 6.01. The molecule has 8 heteroatoms. The predicted molar refractivity (Wildman–Crippen MR) is 158 cm³/mol. The highest BCUT2D eigenvalue weighted by Crippen LogP contribution is 2.34. The molecule has 0 aliphatic rings. The van der Waals surface area contributed by atoms with Crippen LogP contribution >= 0.6 is 0 Å². The van der Waals surface area contributed by atoms with Gasteiger partial charge in [0.05, 0.1) is 12.6 Å². The van der Waals surface area contributed by atoms with Crippen molar-refractivity contribution < 1.29 is 28.5 Å². The van der Waals surface area contributed by atoms with E-state index >= 15 is 0 Å². The van der Waals surface area contributed by atoms with E-state index < -0.39 is 18.5 Å². The third-order valence-corrected chi connectivity index (χ3v) is 6.63. The van der Waals surface area contributed by atoms with Gasteiger partial charge in [-0.05, 0) is 37.1 Å². The van der Waals surface area contributed by atoms with Gasteiger partial charge in [0.1, 0.15) is 11.7 Å². The number of hydrogen-bond donors (Lipinski definition) is 0. The molecule has 4 rings (SSSR count). The number of hydrogen-bond acceptors (Lipinski definition) is 6. The zero-order valence-electron chi connectivity index (χ0n) is 23.7. The van der Waals surface area contributed by atoms with Gasteiger partial charge in [0, 0.05) is 31.7 Å². The third-order valence-electron chi connectivity index (χ3n) is 6.63. The maximum absolute atomic E-state index is 14.6. The number of rotatable bonds is 13. The summed E-state index contributed by atoms with van der Waals surface area (Å²) >= 11 is 0. The molecule has 1 heterocycles. The van der Waals surface area contributed by atoms with E-state index in [9.17, 15) is 9.59 Å². The minimum absolute atomic E-state index is 0.243. The Morgan fingerprint density at radius 2 is 1.59 bits per heavy atom. The lowest BCUT2D eigenvalue weighted by atomic mass is 10.0. The molecule has 0 saturated heterocycles. The van der Waals surface area contributed by atoms with Crippen molar-refractivity contribution in [2.45, 2.75) is 32.7 Å². The molecule has 0 aliphatic heterocycles. The molecule has 1 unspecified atom stereocenters. The molecule has 0 N–H and O–H groups in total. The molecule has 3 aromatic carbocycles. The minimum atomic E-state index is -0.841. The summed E-state index contributed by atoms with van der Waals surface area (Å²) in [5.74, 6) is 0.0417. The van der Waals surface area contributed by atoms with Crippen LogP contribution in [0.3, 0.4) is 0 Å². The van der Waals surface area contributed by atoms with Gasteiger partial charge in [0.2, 0.25) is 0 Å². The molecule has 0 saturated carbocycles. The lowest BCUT2D eigenvalue weighted by molar-refractivity contribution is -0.170. The Morgan fingerprint density at radius 1 is 0.927 bits per heavy atom. The van der Waals surface area contributed by atoms with Crippen molar-refractivity contribution in [3.05, 3.63) is 114 Å². The molecular formula is C33H36N2O6. The van der Waals surface area contributed by atoms with E-state index in [2.05, 4.69) is 6.58 Å². The number of para-hydroxylation sites is 1. The fraction of sp³-hybridized carbons (Fsp3) is 0.273. The van der Waals surface area contributed by atoms with Crippen LogP contribution < -0.4 is 4.74 Å². The van der Waals surface area contributed by atoms with Crippen LogP contribution in [0.15, 0.2) is 97.6 Å². The van der Waals surface area contributed by atoms with Gasteiger partial charge in [-0.3, -0.25) is 4.79 Å². The number of amides is 1. The number of carbonyl (C=O) groups excluding carboxylic acids is 2. The average molecular weight is 557 g/mol. The molecule has 4 aromatic rings. The van der Waals surface area contributed by atoms with Crippen LogP contribution in [0.2, 0.25) is 0 Å². The standard InChI is InChI=1S/C33H36N2O6/c1-5-21-34(30(25-17-12-9-13-18-25)32(39-6-2)40-7-3)31(36)27-22-26-19-14-20-28(41-33(37)38-4)29(26)35(27)23-24-15-10-8-11-16-24/h5,8-20,22,30,32H,1,6-7,21,23H2,2-4H3. The molecule has 41 heavy (non-hydrogen) atoms. The SMILES string of the molecule is C=CCN(C(=O)c1cc2cccc(OC(=O)OC)c2n1Cc1ccccc1)C(c1ccccc1)C(OCC)OCC. The number of nitrogens with zero attached hydrogens (tertiary/aromatic N) is 2. The normalized spacial score (nSPS) is 11.8. The average Bonchev–Trinajstić information content (AvgIpc) is 3.36. The van der Waals surface area contributed by atoms with Gasteiger partial charge in [-0.2, -0.15) is 0 Å². The molecule has 1 amide bonds. The Hall–Kier alpha value is -4.40. The summed E-state index contributed by atoms with van der Waals surface area (Å²) in [6.07, 6.45) is 0.145. The second kappa shape index (κ2) is 14.3. The van der Waals surface area contributed by atoms with Gasteiger partial charge >= 0.3 is 6.16 Å². The van der Waals surface area contributed by atoms with Crippen molar-refractivity contribution in [1.29, 1.82) is 0 Å². The van der Waals surface area contributed by atoms with Crippen molar-refractivity contribution in [1.82, 2.24) is 9.47 Å². The van der Waals surface area contributed by atoms with Crippen molar-refractivity contribution in [3.63, 3.8) is 0 Å². The van der Waals surface area contributed by atoms with Gasteiger partial charge < -0.3 is 28.4 Å². The molecule has 0 aliphatic carbocycles. The Bertz CT molecular complexity index is 1440. The highest BCUT2D eigenvalue weighted by atomic mass is 16.7. The van der Waals surface area contributed by atoms with Crippen LogP contribution in [0, 0.1) is 0 Å². The zero-order valence-corrected chi connectivity index (χ0v) is 23.7. The molecule has 214 valence electrons. The van der Waals surface area contributed by atoms with E-state index in [1.54, 1.807) is 23.1 Å². The lowest BCUT2D eigenvalue weighted by Crippen LogP contribution is -2.43. The topological polar surface area (TPSA) is 79.2 Å². The summed E-state index contributed by atoms with van der Waals surface area (Å²) in [5, 5.41) is 0.742. The van der Waals surface area contributed by atoms with Gasteiger partial charge in [-0.15, -0.1) is 6.58 Å². The van der Waals surface area contributed by atoms with Crippen LogP contribution in [0.1, 0.15) is 41.5 Å². The van der Waals surface area contributed by atoms with Gasteiger partial charge in [0.25, 0.3) is 5.91 Å². The van der Waals surface area contributed by atoms with Gasteiger partial charge in [0.15, 0.2) is 12.0 Å². The van der Waals surface area contributed by atoms with E-state index in [1.807, 2.05) is 91.2 Å². The minimum Gasteiger partial charge on any atom is -0.437 e. The molecule has 8 nitrogen and oxygen atoms in total. The lowest BCUT2D eigenvalue weighted by Gasteiger charge is -2.36. The summed E-state index contributed by atoms with van der Waals surface area (Å²) < 4.78 is 24.2. The van der Waals surface area contributed by atoms with Crippen LogP contribution in [-0.4, -0.2) is 54.7 Å². The first-order chi connectivity index (χ1) is 20.0. The number of methoxy groups -OCH3 is 1. The van der Waals surface area contributed by atoms with E-state index in [4.69, 9.17) is 18.9 Å². The van der Waals surface area contributed by atoms with Crippen molar-refractivity contribution >= 4 is 23.0 Å². The third kappa shape index (κ3) is 6.85. The summed E-state index contributed by atoms with van der Waals surface area (Å²) in [7, 11) is 1.25. The van der Waals surface area contributed by atoms with E-state index in [0.717, 1.165) is 16.5 Å². The summed E-state index contributed by atoms with van der Waals surface area (Å²) in [6, 6.07) is 26.1. The molecule has 1 aromatic heterocycles. The van der Waals surface area contributed by atoms with E-state index in [0.29, 0.717) is 36.7 Å². The fourth-order valence-corrected chi connectivity index (χ4v) is 4.91. The Labute approximate surface area is 240 Å². The molecule has 0 fully saturated rings. The summed E-state index contributed by atoms with van der Waals surface area (Å²) in [5.41, 5.74) is 2.86. The van der Waals surface area contributed by atoms with E-state index in [1.165, 1.54) is 7.11 Å². The van der Waals surface area contributed by atoms with Crippen LogP contribution in [-0.2, 0) is 20.8 Å². The maximum Gasteiger partial charge on any atom is 0.513 e. The number of fused-ring (bicyclic) bond motifs is 1. The van der Waals surface area contributed by atoms with Crippen molar-refractivity contribution in [2.75, 3.05) is 26.9 Å². The maximum atomic E-state index is 14.6. The van der Waals surface area contributed by atoms with E-state index in [-0.39, 0.29) is 12.5 Å². The number of aromatic nitrogens is 1. The Morgan fingerprint density at radius 3 is 2.20 bits per heavy atom. The quantitative estimate of drug-likeness (QED) is 0.0799. The van der Waals surface area contributed by atoms with Crippen molar-refractivity contribution in [2.24, 2.45) is 0 Å². The first-order valence-corrected chi connectivity index (χ1v) is 13.6. The zero-order chi connectivity index (χ0) is 29.2. The first-order valence-electron chi connectivity index (χ1n) is 13.6. The molecule has 0 radical (unpaired) electrons. The predicted octanol–water partition coefficient (Wildman–Crippen LogP) is 6.60. The monoisotopic (exact) mass is 556 g/mol. The molecule has 1 atom stereocenters. The number of benzene rings is 3. The summed E-state index contributed by atoms with van der Waals surface area (Å²) in [4.78, 5) is 28.5. The molecule has 0 spiro atoms. The van der Waals surface area contributed by atoms with Gasteiger partial charge in [-0.25, -0.2) is 4.79 Å². The number of carbonyl (C=O) groups is 2.